The Kier molecular flexibility index (Phi) is 6.84. The van der Waals surface area contributed by atoms with Crippen LogP contribution in [0.3, 0.4) is 0 Å². The number of hydrogen-bond acceptors (Lipinski definition) is 2. The fourth-order valence-corrected chi connectivity index (χ4v) is 7.56. The topological polar surface area (TPSA) is 25.8 Å². The van der Waals surface area contributed by atoms with Gasteiger partial charge in [0.15, 0.2) is 5.82 Å². The maximum Gasteiger partial charge on any atom is 0.160 e. The standard InChI is InChI=1S/C47H34N2/c1-47(2)40-22-12-21-39(45(40)44-38-20-10-9-13-32(38)27-28-41(44)47)37-19-11-18-36(29-37)31-23-25-34(26-24-31)43-30-42(33-14-5-3-6-15-33)48-46(49-43)35-16-7-4-8-17-35/h3-30H,1-2H3. The van der Waals surface area contributed by atoms with Gasteiger partial charge in [-0.3, -0.25) is 0 Å². The lowest BCUT2D eigenvalue weighted by atomic mass is 9.81. The molecule has 0 radical (unpaired) electrons. The van der Waals surface area contributed by atoms with Crippen molar-refractivity contribution in [3.8, 4) is 67.3 Å². The Labute approximate surface area is 287 Å². The van der Waals surface area contributed by atoms with Crippen molar-refractivity contribution >= 4 is 10.8 Å². The molecule has 49 heavy (non-hydrogen) atoms. The SMILES string of the molecule is CC1(C)c2cccc(-c3cccc(-c4ccc(-c5cc(-c6ccccc6)nc(-c6ccccc6)n5)cc4)c3)c2-c2c1ccc1ccccc21. The van der Waals surface area contributed by atoms with Crippen LogP contribution in [0, 0.1) is 0 Å². The smallest absolute Gasteiger partial charge is 0.160 e. The van der Waals surface area contributed by atoms with E-state index in [1.807, 2.05) is 36.4 Å². The fraction of sp³-hybridized carbons (Fsp3) is 0.0638. The minimum absolute atomic E-state index is 0.0695. The van der Waals surface area contributed by atoms with Crippen molar-refractivity contribution in [2.75, 3.05) is 0 Å². The Balaban J connectivity index is 1.11. The van der Waals surface area contributed by atoms with Crippen molar-refractivity contribution in [2.24, 2.45) is 0 Å². The Morgan fingerprint density at radius 2 is 0.959 bits per heavy atom. The average molecular weight is 627 g/mol. The van der Waals surface area contributed by atoms with Gasteiger partial charge in [0.25, 0.3) is 0 Å². The van der Waals surface area contributed by atoms with Crippen LogP contribution in [-0.2, 0) is 5.41 Å². The van der Waals surface area contributed by atoms with Crippen molar-refractivity contribution in [2.45, 2.75) is 19.3 Å². The summed E-state index contributed by atoms with van der Waals surface area (Å²) in [5, 5.41) is 2.60. The Hall–Kier alpha value is -6.12. The molecular formula is C47H34N2. The first-order chi connectivity index (χ1) is 24.0. The molecule has 0 atom stereocenters. The molecule has 9 rings (SSSR count). The van der Waals surface area contributed by atoms with Gasteiger partial charge in [-0.2, -0.15) is 0 Å². The summed E-state index contributed by atoms with van der Waals surface area (Å²) < 4.78 is 0. The summed E-state index contributed by atoms with van der Waals surface area (Å²) >= 11 is 0. The van der Waals surface area contributed by atoms with Crippen LogP contribution in [-0.4, -0.2) is 9.97 Å². The van der Waals surface area contributed by atoms with Gasteiger partial charge in [0.1, 0.15) is 0 Å². The van der Waals surface area contributed by atoms with Crippen LogP contribution in [0.2, 0.25) is 0 Å². The van der Waals surface area contributed by atoms with Gasteiger partial charge >= 0.3 is 0 Å². The Morgan fingerprint density at radius 1 is 0.388 bits per heavy atom. The third-order valence-electron chi connectivity index (χ3n) is 10.1. The summed E-state index contributed by atoms with van der Waals surface area (Å²) in [7, 11) is 0. The zero-order chi connectivity index (χ0) is 33.0. The zero-order valence-electron chi connectivity index (χ0n) is 27.6. The number of hydrogen-bond donors (Lipinski definition) is 0. The van der Waals surface area contributed by atoms with E-state index >= 15 is 0 Å². The van der Waals surface area contributed by atoms with Gasteiger partial charge in [0.05, 0.1) is 11.4 Å². The normalized spacial score (nSPS) is 12.9. The number of rotatable bonds is 5. The monoisotopic (exact) mass is 626 g/mol. The van der Waals surface area contributed by atoms with Crippen LogP contribution in [0.15, 0.2) is 170 Å². The summed E-state index contributed by atoms with van der Waals surface area (Å²) in [6, 6.07) is 60.6. The van der Waals surface area contributed by atoms with Crippen molar-refractivity contribution in [1.29, 1.82) is 0 Å². The largest absolute Gasteiger partial charge is 0.228 e. The minimum Gasteiger partial charge on any atom is -0.228 e. The van der Waals surface area contributed by atoms with Gasteiger partial charge in [0.2, 0.25) is 0 Å². The second kappa shape index (κ2) is 11.5. The van der Waals surface area contributed by atoms with Crippen LogP contribution in [0.1, 0.15) is 25.0 Å². The van der Waals surface area contributed by atoms with Crippen molar-refractivity contribution in [3.63, 3.8) is 0 Å². The maximum absolute atomic E-state index is 5.03. The highest BCUT2D eigenvalue weighted by Crippen LogP contribution is 2.54. The van der Waals surface area contributed by atoms with Crippen LogP contribution in [0.4, 0.5) is 0 Å². The lowest BCUT2D eigenvalue weighted by Crippen LogP contribution is -2.14. The van der Waals surface area contributed by atoms with E-state index in [1.165, 1.54) is 55.3 Å². The molecule has 0 saturated carbocycles. The summed E-state index contributed by atoms with van der Waals surface area (Å²) in [4.78, 5) is 9.99. The molecule has 0 bridgehead atoms. The lowest BCUT2D eigenvalue weighted by Gasteiger charge is -2.21. The number of aromatic nitrogens is 2. The summed E-state index contributed by atoms with van der Waals surface area (Å²) in [5.74, 6) is 0.724. The fourth-order valence-electron chi connectivity index (χ4n) is 7.56. The average Bonchev–Trinajstić information content (AvgIpc) is 3.42. The molecule has 1 aliphatic carbocycles. The molecule has 7 aromatic carbocycles. The molecule has 2 heteroatoms. The molecular weight excluding hydrogens is 593 g/mol. The van der Waals surface area contributed by atoms with E-state index in [9.17, 15) is 0 Å². The third kappa shape index (κ3) is 4.96. The summed E-state index contributed by atoms with van der Waals surface area (Å²) in [6.45, 7) is 4.72. The van der Waals surface area contributed by atoms with E-state index in [1.54, 1.807) is 0 Å². The van der Waals surface area contributed by atoms with E-state index in [0.29, 0.717) is 0 Å². The van der Waals surface area contributed by atoms with Gasteiger partial charge in [-0.15, -0.1) is 0 Å². The Morgan fingerprint density at radius 3 is 1.71 bits per heavy atom. The molecule has 0 fully saturated rings. The number of nitrogens with zero attached hydrogens (tertiary/aromatic N) is 2. The van der Waals surface area contributed by atoms with E-state index in [4.69, 9.17) is 9.97 Å². The highest BCUT2D eigenvalue weighted by atomic mass is 14.9. The third-order valence-corrected chi connectivity index (χ3v) is 10.1. The molecule has 1 aliphatic rings. The molecule has 0 amide bonds. The van der Waals surface area contributed by atoms with E-state index < -0.39 is 0 Å². The molecule has 1 heterocycles. The van der Waals surface area contributed by atoms with Gasteiger partial charge in [-0.1, -0.05) is 172 Å². The molecule has 0 saturated heterocycles. The molecule has 2 nitrogen and oxygen atoms in total. The van der Waals surface area contributed by atoms with E-state index in [-0.39, 0.29) is 5.41 Å². The quantitative estimate of drug-likeness (QED) is 0.190. The first-order valence-electron chi connectivity index (χ1n) is 16.9. The van der Waals surface area contributed by atoms with E-state index in [0.717, 1.165) is 33.9 Å². The van der Waals surface area contributed by atoms with Gasteiger partial charge in [-0.05, 0) is 67.4 Å². The summed E-state index contributed by atoms with van der Waals surface area (Å²) in [5.41, 5.74) is 15.3. The number of fused-ring (bicyclic) bond motifs is 5. The van der Waals surface area contributed by atoms with Gasteiger partial charge in [-0.25, -0.2) is 9.97 Å². The molecule has 0 aliphatic heterocycles. The predicted molar refractivity (Wildman–Crippen MR) is 204 cm³/mol. The molecule has 1 aromatic heterocycles. The minimum atomic E-state index is -0.0695. The van der Waals surface area contributed by atoms with Gasteiger partial charge in [0, 0.05) is 22.1 Å². The second-order valence-corrected chi connectivity index (χ2v) is 13.4. The molecule has 0 spiro atoms. The molecule has 0 N–H and O–H groups in total. The molecule has 0 unspecified atom stereocenters. The van der Waals surface area contributed by atoms with Crippen molar-refractivity contribution in [1.82, 2.24) is 9.97 Å². The molecule has 8 aromatic rings. The predicted octanol–water partition coefficient (Wildman–Crippen LogP) is 12.3. The van der Waals surface area contributed by atoms with Gasteiger partial charge < -0.3 is 0 Å². The zero-order valence-corrected chi connectivity index (χ0v) is 27.6. The summed E-state index contributed by atoms with van der Waals surface area (Å²) in [6.07, 6.45) is 0. The van der Waals surface area contributed by atoms with Crippen LogP contribution in [0.25, 0.3) is 78.1 Å². The highest BCUT2D eigenvalue weighted by molar-refractivity contribution is 6.06. The van der Waals surface area contributed by atoms with E-state index in [2.05, 4.69) is 147 Å². The first kappa shape index (κ1) is 29.1. The van der Waals surface area contributed by atoms with Crippen molar-refractivity contribution < 1.29 is 0 Å². The van der Waals surface area contributed by atoms with Crippen LogP contribution in [0.5, 0.6) is 0 Å². The first-order valence-corrected chi connectivity index (χ1v) is 16.9. The van der Waals surface area contributed by atoms with Crippen molar-refractivity contribution in [3.05, 3.63) is 181 Å². The highest BCUT2D eigenvalue weighted by Gasteiger charge is 2.37. The number of benzene rings is 7. The van der Waals surface area contributed by atoms with Crippen LogP contribution >= 0.6 is 0 Å². The Bertz CT molecular complexity index is 2440. The lowest BCUT2D eigenvalue weighted by molar-refractivity contribution is 0.661. The maximum atomic E-state index is 5.03. The van der Waals surface area contributed by atoms with Crippen LogP contribution < -0.4 is 0 Å². The second-order valence-electron chi connectivity index (χ2n) is 13.4. The molecule has 232 valence electrons.